The van der Waals surface area contributed by atoms with Crippen LogP contribution in [-0.4, -0.2) is 44.1 Å². The van der Waals surface area contributed by atoms with Gasteiger partial charge in [0.25, 0.3) is 5.91 Å². The Morgan fingerprint density at radius 2 is 2.37 bits per heavy atom. The van der Waals surface area contributed by atoms with Gasteiger partial charge < -0.3 is 15.0 Å². The lowest BCUT2D eigenvalue weighted by Gasteiger charge is -2.21. The van der Waals surface area contributed by atoms with Gasteiger partial charge in [-0.2, -0.15) is 0 Å². The molecule has 1 N–H and O–H groups in total. The standard InChI is InChI=1S/C14H19BrN2O2/c1-17(9-11-4-3-7-16-11)14(18)10-5-6-13(19-2)12(15)8-10/h5-6,8,11,16H,3-4,7,9H2,1-2H3. The molecule has 1 aliphatic heterocycles. The summed E-state index contributed by atoms with van der Waals surface area (Å²) in [5.74, 6) is 0.772. The van der Waals surface area contributed by atoms with Crippen LogP contribution in [0.2, 0.25) is 0 Å². The third-order valence-corrected chi connectivity index (χ3v) is 4.02. The first kappa shape index (κ1) is 14.3. The number of hydrogen-bond acceptors (Lipinski definition) is 3. The van der Waals surface area contributed by atoms with Crippen LogP contribution in [0, 0.1) is 0 Å². The van der Waals surface area contributed by atoms with Crippen molar-refractivity contribution in [1.82, 2.24) is 10.2 Å². The van der Waals surface area contributed by atoms with E-state index in [1.807, 2.05) is 7.05 Å². The van der Waals surface area contributed by atoms with Gasteiger partial charge in [-0.1, -0.05) is 0 Å². The highest BCUT2D eigenvalue weighted by molar-refractivity contribution is 9.10. The molecule has 0 saturated carbocycles. The van der Waals surface area contributed by atoms with Gasteiger partial charge in [0.15, 0.2) is 0 Å². The minimum Gasteiger partial charge on any atom is -0.496 e. The van der Waals surface area contributed by atoms with Crippen molar-refractivity contribution in [3.63, 3.8) is 0 Å². The van der Waals surface area contributed by atoms with E-state index >= 15 is 0 Å². The molecule has 1 saturated heterocycles. The molecule has 1 atom stereocenters. The lowest BCUT2D eigenvalue weighted by Crippen LogP contribution is -2.38. The third-order valence-electron chi connectivity index (χ3n) is 3.40. The molecule has 0 bridgehead atoms. The van der Waals surface area contributed by atoms with E-state index in [1.165, 1.54) is 6.42 Å². The summed E-state index contributed by atoms with van der Waals surface area (Å²) in [6.07, 6.45) is 2.34. The lowest BCUT2D eigenvalue weighted by molar-refractivity contribution is 0.0783. The Morgan fingerprint density at radius 1 is 1.58 bits per heavy atom. The average molecular weight is 327 g/mol. The van der Waals surface area contributed by atoms with Crippen LogP contribution < -0.4 is 10.1 Å². The molecule has 4 nitrogen and oxygen atoms in total. The quantitative estimate of drug-likeness (QED) is 0.923. The summed E-state index contributed by atoms with van der Waals surface area (Å²) in [4.78, 5) is 14.1. The van der Waals surface area contributed by atoms with E-state index in [-0.39, 0.29) is 5.91 Å². The monoisotopic (exact) mass is 326 g/mol. The highest BCUT2D eigenvalue weighted by atomic mass is 79.9. The average Bonchev–Trinajstić information content (AvgIpc) is 2.90. The van der Waals surface area contributed by atoms with Crippen molar-refractivity contribution in [2.45, 2.75) is 18.9 Å². The number of carbonyl (C=O) groups excluding carboxylic acids is 1. The van der Waals surface area contributed by atoms with Crippen molar-refractivity contribution in [1.29, 1.82) is 0 Å². The van der Waals surface area contributed by atoms with Crippen LogP contribution in [0.15, 0.2) is 22.7 Å². The number of nitrogens with one attached hydrogen (secondary N) is 1. The highest BCUT2D eigenvalue weighted by Gasteiger charge is 2.20. The summed E-state index contributed by atoms with van der Waals surface area (Å²) < 4.78 is 5.97. The Kier molecular flexibility index (Phi) is 4.82. The molecule has 5 heteroatoms. The fraction of sp³-hybridized carbons (Fsp3) is 0.500. The van der Waals surface area contributed by atoms with Gasteiger partial charge in [-0.3, -0.25) is 4.79 Å². The van der Waals surface area contributed by atoms with Crippen molar-refractivity contribution in [2.24, 2.45) is 0 Å². The first-order chi connectivity index (χ1) is 9.11. The highest BCUT2D eigenvalue weighted by Crippen LogP contribution is 2.26. The molecule has 2 rings (SSSR count). The van der Waals surface area contributed by atoms with Crippen LogP contribution in [-0.2, 0) is 0 Å². The van der Waals surface area contributed by atoms with Crippen molar-refractivity contribution in [3.8, 4) is 5.75 Å². The van der Waals surface area contributed by atoms with Gasteiger partial charge in [-0.25, -0.2) is 0 Å². The first-order valence-corrected chi connectivity index (χ1v) is 7.23. The molecule has 0 aliphatic carbocycles. The van der Waals surface area contributed by atoms with Gasteiger partial charge in [0, 0.05) is 25.2 Å². The van der Waals surface area contributed by atoms with E-state index in [4.69, 9.17) is 4.74 Å². The number of nitrogens with zero attached hydrogens (tertiary/aromatic N) is 1. The second kappa shape index (κ2) is 6.39. The smallest absolute Gasteiger partial charge is 0.253 e. The molecule has 1 aliphatic rings. The molecule has 1 fully saturated rings. The number of ether oxygens (including phenoxy) is 1. The maximum Gasteiger partial charge on any atom is 0.253 e. The van der Waals surface area contributed by atoms with Gasteiger partial charge in [0.05, 0.1) is 11.6 Å². The number of carbonyl (C=O) groups is 1. The summed E-state index contributed by atoms with van der Waals surface area (Å²) >= 11 is 3.40. The van der Waals surface area contributed by atoms with Crippen molar-refractivity contribution in [2.75, 3.05) is 27.2 Å². The Morgan fingerprint density at radius 3 is 2.95 bits per heavy atom. The fourth-order valence-electron chi connectivity index (χ4n) is 2.35. The summed E-state index contributed by atoms with van der Waals surface area (Å²) in [6, 6.07) is 5.83. The van der Waals surface area contributed by atoms with E-state index in [1.54, 1.807) is 30.2 Å². The maximum absolute atomic E-state index is 12.3. The number of methoxy groups -OCH3 is 1. The molecule has 1 unspecified atom stereocenters. The van der Waals surface area contributed by atoms with Gasteiger partial charge in [-0.05, 0) is 53.5 Å². The van der Waals surface area contributed by atoms with Crippen molar-refractivity contribution in [3.05, 3.63) is 28.2 Å². The van der Waals surface area contributed by atoms with Gasteiger partial charge in [-0.15, -0.1) is 0 Å². The van der Waals surface area contributed by atoms with Gasteiger partial charge in [0.2, 0.25) is 0 Å². The zero-order valence-electron chi connectivity index (χ0n) is 11.3. The van der Waals surface area contributed by atoms with Gasteiger partial charge in [0.1, 0.15) is 5.75 Å². The van der Waals surface area contributed by atoms with Crippen LogP contribution in [0.4, 0.5) is 0 Å². The molecule has 1 aromatic rings. The predicted molar refractivity (Wildman–Crippen MR) is 78.7 cm³/mol. The number of likely N-dealkylation sites (N-methyl/N-ethyl adjacent to an activating group) is 1. The second-order valence-electron chi connectivity index (χ2n) is 4.83. The summed E-state index contributed by atoms with van der Waals surface area (Å²) in [5.41, 5.74) is 0.674. The van der Waals surface area contributed by atoms with Crippen LogP contribution in [0.5, 0.6) is 5.75 Å². The second-order valence-corrected chi connectivity index (χ2v) is 5.68. The Hall–Kier alpha value is -1.07. The van der Waals surface area contributed by atoms with E-state index in [0.717, 1.165) is 29.7 Å². The Balaban J connectivity index is 2.03. The zero-order chi connectivity index (χ0) is 13.8. The maximum atomic E-state index is 12.3. The van der Waals surface area contributed by atoms with E-state index in [9.17, 15) is 4.79 Å². The van der Waals surface area contributed by atoms with Crippen LogP contribution in [0.1, 0.15) is 23.2 Å². The normalized spacial score (nSPS) is 18.4. The van der Waals surface area contributed by atoms with Crippen LogP contribution in [0.25, 0.3) is 0 Å². The number of amides is 1. The Bertz CT molecular complexity index is 459. The number of rotatable bonds is 4. The molecule has 1 amide bonds. The molecular weight excluding hydrogens is 308 g/mol. The predicted octanol–water partition coefficient (Wildman–Crippen LogP) is 2.28. The Labute approximate surface area is 122 Å². The summed E-state index contributed by atoms with van der Waals surface area (Å²) in [6.45, 7) is 1.81. The number of halogens is 1. The van der Waals surface area contributed by atoms with E-state index < -0.39 is 0 Å². The molecule has 104 valence electrons. The molecule has 1 heterocycles. The zero-order valence-corrected chi connectivity index (χ0v) is 12.9. The van der Waals surface area contributed by atoms with Crippen molar-refractivity contribution < 1.29 is 9.53 Å². The molecule has 19 heavy (non-hydrogen) atoms. The molecule has 1 aromatic carbocycles. The SMILES string of the molecule is COc1ccc(C(=O)N(C)CC2CCCN2)cc1Br. The fourth-order valence-corrected chi connectivity index (χ4v) is 2.89. The molecule has 0 aromatic heterocycles. The molecule has 0 radical (unpaired) electrons. The molecular formula is C14H19BrN2O2. The number of hydrogen-bond donors (Lipinski definition) is 1. The topological polar surface area (TPSA) is 41.6 Å². The minimum absolute atomic E-state index is 0.0389. The minimum atomic E-state index is 0.0389. The summed E-state index contributed by atoms with van der Waals surface area (Å²) in [5, 5.41) is 3.40. The van der Waals surface area contributed by atoms with Crippen molar-refractivity contribution >= 4 is 21.8 Å². The van der Waals surface area contributed by atoms with Crippen LogP contribution >= 0.6 is 15.9 Å². The third kappa shape index (κ3) is 3.48. The molecule has 0 spiro atoms. The lowest BCUT2D eigenvalue weighted by atomic mass is 10.1. The number of benzene rings is 1. The largest absolute Gasteiger partial charge is 0.496 e. The van der Waals surface area contributed by atoms with E-state index in [2.05, 4.69) is 21.2 Å². The van der Waals surface area contributed by atoms with Crippen LogP contribution in [0.3, 0.4) is 0 Å². The van der Waals surface area contributed by atoms with Gasteiger partial charge >= 0.3 is 0 Å². The van der Waals surface area contributed by atoms with E-state index in [0.29, 0.717) is 11.6 Å². The first-order valence-electron chi connectivity index (χ1n) is 6.44. The summed E-state index contributed by atoms with van der Waals surface area (Å²) in [7, 11) is 3.46.